The van der Waals surface area contributed by atoms with Crippen molar-refractivity contribution in [3.8, 4) is 11.1 Å². The number of esters is 1. The number of fused-ring (bicyclic) bond motifs is 4. The van der Waals surface area contributed by atoms with Crippen LogP contribution in [0.15, 0.2) is 78.9 Å². The van der Waals surface area contributed by atoms with Crippen molar-refractivity contribution in [2.24, 2.45) is 0 Å². The molecule has 8 nitrogen and oxygen atoms in total. The van der Waals surface area contributed by atoms with Crippen LogP contribution in [-0.2, 0) is 20.7 Å². The molecule has 1 amide bonds. The van der Waals surface area contributed by atoms with E-state index in [4.69, 9.17) is 9.47 Å². The third-order valence-electron chi connectivity index (χ3n) is 6.74. The van der Waals surface area contributed by atoms with Crippen LogP contribution in [0.1, 0.15) is 53.9 Å². The van der Waals surface area contributed by atoms with E-state index < -0.39 is 29.7 Å². The summed E-state index contributed by atoms with van der Waals surface area (Å²) in [6, 6.07) is 23.3. The van der Waals surface area contributed by atoms with E-state index in [1.165, 1.54) is 0 Å². The summed E-state index contributed by atoms with van der Waals surface area (Å²) in [6.45, 7) is 5.45. The number of hydrogen-bond acceptors (Lipinski definition) is 6. The zero-order chi connectivity index (χ0) is 28.4. The van der Waals surface area contributed by atoms with E-state index in [0.717, 1.165) is 27.6 Å². The van der Waals surface area contributed by atoms with Crippen molar-refractivity contribution in [1.29, 1.82) is 0 Å². The molecule has 204 valence electrons. The Balaban J connectivity index is 1.24. The van der Waals surface area contributed by atoms with Gasteiger partial charge in [-0.15, -0.1) is 0 Å². The number of ether oxygens (including phenoxy) is 2. The summed E-state index contributed by atoms with van der Waals surface area (Å²) in [5.74, 6) is -1.82. The summed E-state index contributed by atoms with van der Waals surface area (Å²) in [5.41, 5.74) is 5.18. The van der Waals surface area contributed by atoms with Crippen LogP contribution in [0, 0.1) is 0 Å². The molecule has 2 N–H and O–H groups in total. The molecular weight excluding hydrogens is 508 g/mol. The molecule has 8 heteroatoms. The zero-order valence-corrected chi connectivity index (χ0v) is 22.5. The third kappa shape index (κ3) is 5.81. The molecule has 40 heavy (non-hydrogen) atoms. The van der Waals surface area contributed by atoms with Gasteiger partial charge in [0, 0.05) is 17.7 Å². The van der Waals surface area contributed by atoms with Gasteiger partial charge < -0.3 is 19.9 Å². The molecule has 0 saturated heterocycles. The van der Waals surface area contributed by atoms with Gasteiger partial charge in [-0.2, -0.15) is 0 Å². The van der Waals surface area contributed by atoms with Gasteiger partial charge in [0.25, 0.3) is 0 Å². The first-order valence-corrected chi connectivity index (χ1v) is 13.1. The standard InChI is InChI=1S/C32H30N2O6/c1-32(2,3)40-30(37)27-15-13-20-16-19(12-14-26(20)33-27)17-28(29(35)36)34-31(38)39-18-25-23-10-6-4-8-21(23)22-9-5-7-11-24(22)25/h4-16,25,28H,17-18H2,1-3H3,(H,34,38)(H,35,36)/t28-/m0/s1. The summed E-state index contributed by atoms with van der Waals surface area (Å²) < 4.78 is 10.9. The molecule has 0 spiro atoms. The molecule has 1 atom stereocenters. The molecule has 0 saturated carbocycles. The van der Waals surface area contributed by atoms with E-state index in [1.807, 2.05) is 48.5 Å². The predicted octanol–water partition coefficient (Wildman–Crippen LogP) is 5.72. The van der Waals surface area contributed by atoms with Crippen LogP contribution >= 0.6 is 0 Å². The summed E-state index contributed by atoms with van der Waals surface area (Å²) in [7, 11) is 0. The van der Waals surface area contributed by atoms with Gasteiger partial charge in [0.05, 0.1) is 5.52 Å². The molecule has 0 unspecified atom stereocenters. The summed E-state index contributed by atoms with van der Waals surface area (Å²) in [4.78, 5) is 41.4. The maximum atomic E-state index is 12.7. The fourth-order valence-electron chi connectivity index (χ4n) is 4.96. The Hall–Kier alpha value is -4.72. The van der Waals surface area contributed by atoms with Crippen molar-refractivity contribution in [3.05, 3.63) is 101 Å². The van der Waals surface area contributed by atoms with Crippen LogP contribution in [0.4, 0.5) is 4.79 Å². The lowest BCUT2D eigenvalue weighted by Crippen LogP contribution is -2.42. The number of carbonyl (C=O) groups is 3. The fourth-order valence-corrected chi connectivity index (χ4v) is 4.96. The van der Waals surface area contributed by atoms with Gasteiger partial charge in [-0.25, -0.2) is 19.4 Å². The number of carboxylic acid groups (broad SMARTS) is 1. The number of nitrogens with zero attached hydrogens (tertiary/aromatic N) is 1. The second-order valence-corrected chi connectivity index (χ2v) is 10.8. The quantitative estimate of drug-likeness (QED) is 0.289. The highest BCUT2D eigenvalue weighted by atomic mass is 16.6. The number of carboxylic acids is 1. The lowest BCUT2D eigenvalue weighted by molar-refractivity contribution is -0.139. The summed E-state index contributed by atoms with van der Waals surface area (Å²) in [5, 5.41) is 13.0. The minimum Gasteiger partial charge on any atom is -0.480 e. The Morgan fingerprint density at radius 3 is 2.20 bits per heavy atom. The predicted molar refractivity (Wildman–Crippen MR) is 150 cm³/mol. The Kier molecular flexibility index (Phi) is 7.26. The SMILES string of the molecule is CC(C)(C)OC(=O)c1ccc2cc(C[C@H](NC(=O)OCC3c4ccccc4-c4ccccc43)C(=O)O)ccc2n1. The minimum atomic E-state index is -1.19. The highest BCUT2D eigenvalue weighted by molar-refractivity contribution is 5.91. The van der Waals surface area contributed by atoms with Crippen LogP contribution < -0.4 is 5.32 Å². The Morgan fingerprint density at radius 1 is 0.925 bits per heavy atom. The lowest BCUT2D eigenvalue weighted by atomic mass is 9.98. The van der Waals surface area contributed by atoms with Crippen LogP contribution in [0.3, 0.4) is 0 Å². The minimum absolute atomic E-state index is 0.0449. The molecule has 1 aromatic heterocycles. The Labute approximate surface area is 232 Å². The molecular formula is C32H30N2O6. The van der Waals surface area contributed by atoms with Gasteiger partial charge >= 0.3 is 18.0 Å². The number of aliphatic carboxylic acids is 1. The molecule has 0 fully saturated rings. The summed E-state index contributed by atoms with van der Waals surface area (Å²) >= 11 is 0. The van der Waals surface area contributed by atoms with E-state index in [2.05, 4.69) is 10.3 Å². The number of alkyl carbamates (subject to hydrolysis) is 1. The first-order chi connectivity index (χ1) is 19.1. The van der Waals surface area contributed by atoms with Gasteiger partial charge in [-0.3, -0.25) is 0 Å². The number of rotatable bonds is 7. The smallest absolute Gasteiger partial charge is 0.407 e. The van der Waals surface area contributed by atoms with Crippen LogP contribution in [0.5, 0.6) is 0 Å². The maximum Gasteiger partial charge on any atom is 0.407 e. The molecule has 1 aliphatic rings. The number of aromatic nitrogens is 1. The van der Waals surface area contributed by atoms with Gasteiger partial charge in [-0.05, 0) is 66.8 Å². The molecule has 0 aliphatic heterocycles. The van der Waals surface area contributed by atoms with E-state index >= 15 is 0 Å². The van der Waals surface area contributed by atoms with Gasteiger partial charge in [0.2, 0.25) is 0 Å². The first kappa shape index (κ1) is 26.9. The number of nitrogens with one attached hydrogen (secondary N) is 1. The van der Waals surface area contributed by atoms with Gasteiger partial charge in [0.1, 0.15) is 23.9 Å². The molecule has 1 aliphatic carbocycles. The van der Waals surface area contributed by atoms with E-state index in [1.54, 1.807) is 51.1 Å². The molecule has 0 radical (unpaired) electrons. The van der Waals surface area contributed by atoms with Gasteiger partial charge in [-0.1, -0.05) is 60.7 Å². The van der Waals surface area contributed by atoms with Crippen molar-refractivity contribution in [3.63, 3.8) is 0 Å². The molecule has 3 aromatic carbocycles. The molecule has 4 aromatic rings. The summed E-state index contributed by atoms with van der Waals surface area (Å²) in [6.07, 6.45) is -0.748. The second-order valence-electron chi connectivity index (χ2n) is 10.8. The van der Waals surface area contributed by atoms with Crippen molar-refractivity contribution >= 4 is 28.9 Å². The first-order valence-electron chi connectivity index (χ1n) is 13.1. The average molecular weight is 539 g/mol. The number of carbonyl (C=O) groups excluding carboxylic acids is 2. The lowest BCUT2D eigenvalue weighted by Gasteiger charge is -2.19. The third-order valence-corrected chi connectivity index (χ3v) is 6.74. The molecule has 1 heterocycles. The Bertz CT molecular complexity index is 1560. The van der Waals surface area contributed by atoms with Crippen LogP contribution in [0.2, 0.25) is 0 Å². The second kappa shape index (κ2) is 10.8. The van der Waals surface area contributed by atoms with Crippen LogP contribution in [0.25, 0.3) is 22.0 Å². The Morgan fingerprint density at radius 2 is 1.57 bits per heavy atom. The van der Waals surface area contributed by atoms with Crippen LogP contribution in [-0.4, -0.2) is 46.4 Å². The highest BCUT2D eigenvalue weighted by Gasteiger charge is 2.30. The normalized spacial score (nSPS) is 13.3. The topological polar surface area (TPSA) is 115 Å². The van der Waals surface area contributed by atoms with E-state index in [0.29, 0.717) is 11.1 Å². The van der Waals surface area contributed by atoms with Crippen molar-refractivity contribution < 1.29 is 29.0 Å². The van der Waals surface area contributed by atoms with Crippen molar-refractivity contribution in [2.45, 2.75) is 44.8 Å². The van der Waals surface area contributed by atoms with Crippen molar-refractivity contribution in [1.82, 2.24) is 10.3 Å². The monoisotopic (exact) mass is 538 g/mol. The number of pyridine rings is 1. The molecule has 5 rings (SSSR count). The largest absolute Gasteiger partial charge is 0.480 e. The van der Waals surface area contributed by atoms with Crippen molar-refractivity contribution in [2.75, 3.05) is 6.61 Å². The zero-order valence-electron chi connectivity index (χ0n) is 22.5. The van der Waals surface area contributed by atoms with Gasteiger partial charge in [0.15, 0.2) is 0 Å². The number of hydrogen-bond donors (Lipinski definition) is 2. The van der Waals surface area contributed by atoms with E-state index in [-0.39, 0.29) is 24.6 Å². The number of amides is 1. The maximum absolute atomic E-state index is 12.7. The average Bonchev–Trinajstić information content (AvgIpc) is 3.24. The molecule has 0 bridgehead atoms. The highest BCUT2D eigenvalue weighted by Crippen LogP contribution is 2.44. The van der Waals surface area contributed by atoms with E-state index in [9.17, 15) is 19.5 Å². The number of benzene rings is 3. The fraction of sp³-hybridized carbons (Fsp3) is 0.250.